The largest absolute Gasteiger partial charge is 0.309 e. The monoisotopic (exact) mass is 511 g/mol. The average Bonchev–Trinajstić information content (AvgIpc) is 3.37. The van der Waals surface area contributed by atoms with Gasteiger partial charge in [0, 0.05) is 34.0 Å². The molecule has 0 amide bonds. The van der Waals surface area contributed by atoms with E-state index in [1.165, 1.54) is 49.4 Å². The number of rotatable bonds is 5. The molecule has 0 fully saturated rings. The standard InChI is InChI=1S/C37H25N3/c1-3-11-28(12-4-1)39(35-16-7-8-25-38-35)30-20-17-26(18-21-30)31-23-24-34-37-32(31)22-19-27-10-9-15-33(36(27)37)40(34)29-13-5-2-6-14-29/h1-25H. The van der Waals surface area contributed by atoms with Crippen molar-refractivity contribution in [3.8, 4) is 16.8 Å². The molecule has 3 heteroatoms. The Hall–Kier alpha value is -5.41. The Bertz CT molecular complexity index is 2040. The van der Waals surface area contributed by atoms with Crippen molar-refractivity contribution in [2.45, 2.75) is 0 Å². The molecule has 0 aliphatic rings. The third-order valence-corrected chi connectivity index (χ3v) is 7.80. The van der Waals surface area contributed by atoms with Crippen LogP contribution in [-0.2, 0) is 0 Å². The first kappa shape index (κ1) is 22.6. The van der Waals surface area contributed by atoms with E-state index in [9.17, 15) is 0 Å². The molecule has 0 atom stereocenters. The minimum absolute atomic E-state index is 0.891. The highest BCUT2D eigenvalue weighted by atomic mass is 15.2. The second-order valence-electron chi connectivity index (χ2n) is 10.1. The number of anilines is 3. The third kappa shape index (κ3) is 3.49. The van der Waals surface area contributed by atoms with Crippen molar-refractivity contribution in [2.75, 3.05) is 4.90 Å². The van der Waals surface area contributed by atoms with Gasteiger partial charge < -0.3 is 4.57 Å². The molecule has 0 saturated carbocycles. The summed E-state index contributed by atoms with van der Waals surface area (Å²) in [5, 5.41) is 5.18. The number of hydrogen-bond acceptors (Lipinski definition) is 2. The Kier molecular flexibility index (Phi) is 5.14. The molecule has 40 heavy (non-hydrogen) atoms. The Balaban J connectivity index is 1.29. The summed E-state index contributed by atoms with van der Waals surface area (Å²) in [6, 6.07) is 51.6. The lowest BCUT2D eigenvalue weighted by Crippen LogP contribution is -2.11. The van der Waals surface area contributed by atoms with Gasteiger partial charge in [-0.1, -0.05) is 84.9 Å². The summed E-state index contributed by atoms with van der Waals surface area (Å²) in [6.45, 7) is 0. The third-order valence-electron chi connectivity index (χ3n) is 7.80. The number of nitrogens with zero attached hydrogens (tertiary/aromatic N) is 3. The molecule has 0 aliphatic carbocycles. The summed E-state index contributed by atoms with van der Waals surface area (Å²) in [7, 11) is 0. The molecular weight excluding hydrogens is 486 g/mol. The predicted octanol–water partition coefficient (Wildman–Crippen LogP) is 9.91. The van der Waals surface area contributed by atoms with E-state index < -0.39 is 0 Å². The zero-order valence-corrected chi connectivity index (χ0v) is 21.8. The van der Waals surface area contributed by atoms with Crippen LogP contribution in [0.25, 0.3) is 49.4 Å². The smallest absolute Gasteiger partial charge is 0.137 e. The number of hydrogen-bond donors (Lipinski definition) is 0. The van der Waals surface area contributed by atoms with Crippen molar-refractivity contribution in [3.63, 3.8) is 0 Å². The van der Waals surface area contributed by atoms with Gasteiger partial charge >= 0.3 is 0 Å². The predicted molar refractivity (Wildman–Crippen MR) is 167 cm³/mol. The highest BCUT2D eigenvalue weighted by Crippen LogP contribution is 2.43. The van der Waals surface area contributed by atoms with Crippen LogP contribution in [0.4, 0.5) is 17.2 Å². The fraction of sp³-hybridized carbons (Fsp3) is 0. The number of aromatic nitrogens is 2. The zero-order chi connectivity index (χ0) is 26.5. The van der Waals surface area contributed by atoms with Crippen molar-refractivity contribution in [1.29, 1.82) is 0 Å². The molecule has 0 radical (unpaired) electrons. The Morgan fingerprint density at radius 2 is 1.23 bits per heavy atom. The highest BCUT2D eigenvalue weighted by molar-refractivity contribution is 6.26. The number of pyridine rings is 1. The molecule has 3 nitrogen and oxygen atoms in total. The lowest BCUT2D eigenvalue weighted by atomic mass is 9.94. The van der Waals surface area contributed by atoms with Gasteiger partial charge in [0.05, 0.1) is 11.0 Å². The molecule has 0 saturated heterocycles. The SMILES string of the molecule is c1ccc(N(c2ccc(-c3ccc4c5c3ccc3cccc(c35)n4-c3ccccc3)cc2)c2ccccn2)cc1. The molecule has 8 rings (SSSR count). The van der Waals surface area contributed by atoms with Gasteiger partial charge in [0.2, 0.25) is 0 Å². The maximum absolute atomic E-state index is 4.65. The van der Waals surface area contributed by atoms with Gasteiger partial charge in [0.25, 0.3) is 0 Å². The summed E-state index contributed by atoms with van der Waals surface area (Å²) in [4.78, 5) is 6.84. The molecular formula is C37H25N3. The first-order valence-electron chi connectivity index (χ1n) is 13.6. The van der Waals surface area contributed by atoms with E-state index in [0.29, 0.717) is 0 Å². The summed E-state index contributed by atoms with van der Waals surface area (Å²) in [6.07, 6.45) is 1.84. The van der Waals surface area contributed by atoms with Crippen molar-refractivity contribution in [1.82, 2.24) is 9.55 Å². The topological polar surface area (TPSA) is 21.1 Å². The van der Waals surface area contributed by atoms with Crippen molar-refractivity contribution in [3.05, 3.63) is 152 Å². The Morgan fingerprint density at radius 3 is 2.00 bits per heavy atom. The van der Waals surface area contributed by atoms with Crippen molar-refractivity contribution in [2.24, 2.45) is 0 Å². The van der Waals surface area contributed by atoms with Gasteiger partial charge in [-0.15, -0.1) is 0 Å². The Labute approximate surface area is 232 Å². The maximum atomic E-state index is 4.65. The second kappa shape index (κ2) is 9.11. The van der Waals surface area contributed by atoms with Gasteiger partial charge in [-0.25, -0.2) is 4.98 Å². The summed E-state index contributed by atoms with van der Waals surface area (Å²) < 4.78 is 2.39. The van der Waals surface area contributed by atoms with Gasteiger partial charge in [-0.3, -0.25) is 4.90 Å². The first-order chi connectivity index (χ1) is 19.9. The lowest BCUT2D eigenvalue weighted by molar-refractivity contribution is 1.18. The van der Waals surface area contributed by atoms with E-state index in [-0.39, 0.29) is 0 Å². The molecule has 0 N–H and O–H groups in total. The second-order valence-corrected chi connectivity index (χ2v) is 10.1. The summed E-state index contributed by atoms with van der Waals surface area (Å²) in [5.41, 5.74) is 8.24. The molecule has 2 aromatic heterocycles. The fourth-order valence-electron chi connectivity index (χ4n) is 6.06. The van der Waals surface area contributed by atoms with Gasteiger partial charge in [0.15, 0.2) is 0 Å². The van der Waals surface area contributed by atoms with E-state index in [0.717, 1.165) is 17.2 Å². The van der Waals surface area contributed by atoms with E-state index >= 15 is 0 Å². The van der Waals surface area contributed by atoms with E-state index in [1.54, 1.807) is 0 Å². The van der Waals surface area contributed by atoms with Gasteiger partial charge in [-0.2, -0.15) is 0 Å². The molecule has 2 heterocycles. The zero-order valence-electron chi connectivity index (χ0n) is 21.8. The van der Waals surface area contributed by atoms with E-state index in [4.69, 9.17) is 0 Å². The highest BCUT2D eigenvalue weighted by Gasteiger charge is 2.19. The summed E-state index contributed by atoms with van der Waals surface area (Å²) in [5.74, 6) is 0.891. The molecule has 6 aromatic carbocycles. The number of para-hydroxylation sites is 2. The van der Waals surface area contributed by atoms with Crippen LogP contribution in [0.3, 0.4) is 0 Å². The number of benzene rings is 6. The van der Waals surface area contributed by atoms with E-state index in [2.05, 4.69) is 136 Å². The quantitative estimate of drug-likeness (QED) is 0.214. The Morgan fingerprint density at radius 1 is 0.500 bits per heavy atom. The van der Waals surface area contributed by atoms with Crippen LogP contribution < -0.4 is 4.90 Å². The molecule has 0 bridgehead atoms. The molecule has 0 unspecified atom stereocenters. The van der Waals surface area contributed by atoms with Crippen LogP contribution in [-0.4, -0.2) is 9.55 Å². The van der Waals surface area contributed by atoms with Crippen LogP contribution in [0, 0.1) is 0 Å². The van der Waals surface area contributed by atoms with Crippen LogP contribution in [0.5, 0.6) is 0 Å². The van der Waals surface area contributed by atoms with Crippen molar-refractivity contribution < 1.29 is 0 Å². The van der Waals surface area contributed by atoms with E-state index in [1.807, 2.05) is 30.5 Å². The van der Waals surface area contributed by atoms with Crippen LogP contribution in [0.2, 0.25) is 0 Å². The average molecular weight is 512 g/mol. The molecule has 0 spiro atoms. The van der Waals surface area contributed by atoms with Crippen LogP contribution in [0.1, 0.15) is 0 Å². The maximum Gasteiger partial charge on any atom is 0.137 e. The van der Waals surface area contributed by atoms with Crippen LogP contribution in [0.15, 0.2) is 152 Å². The first-order valence-corrected chi connectivity index (χ1v) is 13.6. The van der Waals surface area contributed by atoms with Crippen molar-refractivity contribution >= 4 is 49.8 Å². The minimum atomic E-state index is 0.891. The normalized spacial score (nSPS) is 11.5. The molecule has 188 valence electrons. The summed E-state index contributed by atoms with van der Waals surface area (Å²) >= 11 is 0. The van der Waals surface area contributed by atoms with Gasteiger partial charge in [-0.05, 0) is 82.6 Å². The van der Waals surface area contributed by atoms with Crippen LogP contribution >= 0.6 is 0 Å². The lowest BCUT2D eigenvalue weighted by Gasteiger charge is -2.24. The molecule has 0 aliphatic heterocycles. The minimum Gasteiger partial charge on any atom is -0.309 e. The molecule has 8 aromatic rings. The van der Waals surface area contributed by atoms with Gasteiger partial charge in [0.1, 0.15) is 5.82 Å². The fourth-order valence-corrected chi connectivity index (χ4v) is 6.06.